The Labute approximate surface area is 153 Å². The molecule has 0 heterocycles. The van der Waals surface area contributed by atoms with Crippen molar-refractivity contribution in [3.8, 4) is 11.5 Å². The van der Waals surface area contributed by atoms with Crippen LogP contribution in [0.4, 0.5) is 0 Å². The quantitative estimate of drug-likeness (QED) is 0.444. The normalized spacial score (nSPS) is 12.2. The van der Waals surface area contributed by atoms with Gasteiger partial charge in [0.2, 0.25) is 0 Å². The van der Waals surface area contributed by atoms with Gasteiger partial charge in [-0.05, 0) is 38.5 Å². The van der Waals surface area contributed by atoms with Gasteiger partial charge in [-0.25, -0.2) is 0 Å². The van der Waals surface area contributed by atoms with E-state index in [4.69, 9.17) is 14.2 Å². The molecule has 0 aliphatic carbocycles. The monoisotopic (exact) mass is 356 g/mol. The number of hydrogen-bond acceptors (Lipinski definition) is 5. The summed E-state index contributed by atoms with van der Waals surface area (Å²) in [4.78, 5) is 26.2. The van der Waals surface area contributed by atoms with Crippen LogP contribution in [-0.4, -0.2) is 31.6 Å². The molecule has 26 heavy (non-hydrogen) atoms. The Morgan fingerprint density at radius 1 is 0.846 bits per heavy atom. The lowest BCUT2D eigenvalue weighted by molar-refractivity contribution is -0.155. The van der Waals surface area contributed by atoms with Gasteiger partial charge in [0.05, 0.1) is 14.2 Å². The molecule has 1 atom stereocenters. The summed E-state index contributed by atoms with van der Waals surface area (Å²) in [6.45, 7) is 5.29. The van der Waals surface area contributed by atoms with E-state index >= 15 is 0 Å². The van der Waals surface area contributed by atoms with Gasteiger partial charge in [0.15, 0.2) is 5.78 Å². The highest BCUT2D eigenvalue weighted by Gasteiger charge is 2.36. The Balaban J connectivity index is 2.56. The molecule has 1 unspecified atom stereocenters. The van der Waals surface area contributed by atoms with Crippen molar-refractivity contribution >= 4 is 11.8 Å². The molecular weight excluding hydrogens is 332 g/mol. The summed E-state index contributed by atoms with van der Waals surface area (Å²) in [6, 6.07) is 13.9. The van der Waals surface area contributed by atoms with Crippen molar-refractivity contribution in [1.29, 1.82) is 0 Å². The Morgan fingerprint density at radius 2 is 1.38 bits per heavy atom. The molecule has 0 N–H and O–H groups in total. The number of Topliss-reactive ketones (excluding diaryl/α,β-unsaturated/α-hetero) is 1. The van der Waals surface area contributed by atoms with E-state index in [2.05, 4.69) is 0 Å². The standard InChI is InChI=1S/C21H24O5/c1-21(2,3)26-20(23)17(14-10-7-6-8-11-14)19(22)18-15(24-4)12-9-13-16(18)25-5/h6-13,17H,1-5H3. The van der Waals surface area contributed by atoms with Gasteiger partial charge in [-0.3, -0.25) is 9.59 Å². The van der Waals surface area contributed by atoms with Crippen molar-refractivity contribution in [2.24, 2.45) is 0 Å². The van der Waals surface area contributed by atoms with Crippen LogP contribution in [0.1, 0.15) is 42.6 Å². The van der Waals surface area contributed by atoms with Crippen LogP contribution in [0.25, 0.3) is 0 Å². The van der Waals surface area contributed by atoms with Crippen LogP contribution in [0, 0.1) is 0 Å². The van der Waals surface area contributed by atoms with Gasteiger partial charge in [-0.15, -0.1) is 0 Å². The van der Waals surface area contributed by atoms with Gasteiger partial charge < -0.3 is 14.2 Å². The maximum absolute atomic E-state index is 13.4. The maximum Gasteiger partial charge on any atom is 0.321 e. The molecule has 5 heteroatoms. The molecule has 0 aromatic heterocycles. The molecule has 0 saturated heterocycles. The second kappa shape index (κ2) is 8.04. The van der Waals surface area contributed by atoms with E-state index < -0.39 is 23.3 Å². The second-order valence-corrected chi connectivity index (χ2v) is 6.78. The molecule has 0 spiro atoms. The van der Waals surface area contributed by atoms with Crippen LogP contribution in [0.2, 0.25) is 0 Å². The van der Waals surface area contributed by atoms with Crippen molar-refractivity contribution in [2.75, 3.05) is 14.2 Å². The lowest BCUT2D eigenvalue weighted by atomic mass is 9.89. The molecule has 138 valence electrons. The molecule has 0 bridgehead atoms. The third kappa shape index (κ3) is 4.42. The number of ether oxygens (including phenoxy) is 3. The van der Waals surface area contributed by atoms with E-state index in [1.165, 1.54) is 14.2 Å². The van der Waals surface area contributed by atoms with Gasteiger partial charge in [0.25, 0.3) is 0 Å². The summed E-state index contributed by atoms with van der Waals surface area (Å²) >= 11 is 0. The first-order chi connectivity index (χ1) is 12.3. The highest BCUT2D eigenvalue weighted by Crippen LogP contribution is 2.34. The van der Waals surface area contributed by atoms with Crippen molar-refractivity contribution in [3.63, 3.8) is 0 Å². The Hall–Kier alpha value is -2.82. The lowest BCUT2D eigenvalue weighted by Crippen LogP contribution is -2.31. The summed E-state index contributed by atoms with van der Waals surface area (Å²) in [6.07, 6.45) is 0. The Kier molecular flexibility index (Phi) is 6.03. The van der Waals surface area contributed by atoms with Gasteiger partial charge in [-0.1, -0.05) is 36.4 Å². The third-order valence-electron chi connectivity index (χ3n) is 3.71. The number of carbonyl (C=O) groups is 2. The van der Waals surface area contributed by atoms with Crippen molar-refractivity contribution in [2.45, 2.75) is 32.3 Å². The van der Waals surface area contributed by atoms with Gasteiger partial charge in [-0.2, -0.15) is 0 Å². The zero-order valence-electron chi connectivity index (χ0n) is 15.7. The van der Waals surface area contributed by atoms with Crippen molar-refractivity contribution < 1.29 is 23.8 Å². The van der Waals surface area contributed by atoms with Crippen LogP contribution in [0.15, 0.2) is 48.5 Å². The van der Waals surface area contributed by atoms with Gasteiger partial charge >= 0.3 is 5.97 Å². The average molecular weight is 356 g/mol. The van der Waals surface area contributed by atoms with Crippen molar-refractivity contribution in [3.05, 3.63) is 59.7 Å². The van der Waals surface area contributed by atoms with E-state index in [9.17, 15) is 9.59 Å². The average Bonchev–Trinajstić information content (AvgIpc) is 2.60. The smallest absolute Gasteiger partial charge is 0.321 e. The molecule has 0 aliphatic heterocycles. The van der Waals surface area contributed by atoms with E-state index in [0.29, 0.717) is 17.1 Å². The number of esters is 1. The lowest BCUT2D eigenvalue weighted by Gasteiger charge is -2.24. The minimum Gasteiger partial charge on any atom is -0.496 e. The zero-order valence-corrected chi connectivity index (χ0v) is 15.7. The summed E-state index contributed by atoms with van der Waals surface area (Å²) in [7, 11) is 2.94. The molecule has 0 radical (unpaired) electrons. The maximum atomic E-state index is 13.4. The molecule has 0 amide bonds. The SMILES string of the molecule is COc1cccc(OC)c1C(=O)C(C(=O)OC(C)(C)C)c1ccccc1. The van der Waals surface area contributed by atoms with E-state index in [-0.39, 0.29) is 5.56 Å². The first kappa shape index (κ1) is 19.5. The fourth-order valence-electron chi connectivity index (χ4n) is 2.64. The van der Waals surface area contributed by atoms with Crippen LogP contribution >= 0.6 is 0 Å². The van der Waals surface area contributed by atoms with E-state index in [1.807, 2.05) is 6.07 Å². The Morgan fingerprint density at radius 3 is 1.85 bits per heavy atom. The second-order valence-electron chi connectivity index (χ2n) is 6.78. The molecule has 2 aromatic rings. The molecule has 0 fully saturated rings. The minimum atomic E-state index is -1.11. The number of rotatable bonds is 6. The Bertz CT molecular complexity index is 752. The highest BCUT2D eigenvalue weighted by molar-refractivity contribution is 6.15. The first-order valence-corrected chi connectivity index (χ1v) is 8.31. The van der Waals surface area contributed by atoms with Gasteiger partial charge in [0.1, 0.15) is 28.6 Å². The fraction of sp³-hybridized carbons (Fsp3) is 0.333. The molecule has 2 aromatic carbocycles. The number of carbonyl (C=O) groups excluding carboxylic acids is 2. The molecule has 0 aliphatic rings. The van der Waals surface area contributed by atoms with Gasteiger partial charge in [0, 0.05) is 0 Å². The number of methoxy groups -OCH3 is 2. The summed E-state index contributed by atoms with van der Waals surface area (Å²) in [5, 5.41) is 0. The summed E-state index contributed by atoms with van der Waals surface area (Å²) in [5.74, 6) is -1.46. The fourth-order valence-corrected chi connectivity index (χ4v) is 2.64. The predicted octanol–water partition coefficient (Wildman–Crippen LogP) is 4.01. The van der Waals surface area contributed by atoms with Crippen molar-refractivity contribution in [1.82, 2.24) is 0 Å². The van der Waals surface area contributed by atoms with E-state index in [1.54, 1.807) is 63.2 Å². The predicted molar refractivity (Wildman–Crippen MR) is 98.9 cm³/mol. The first-order valence-electron chi connectivity index (χ1n) is 8.31. The largest absolute Gasteiger partial charge is 0.496 e. The molecule has 0 saturated carbocycles. The van der Waals surface area contributed by atoms with Crippen LogP contribution in [0.3, 0.4) is 0 Å². The summed E-state index contributed by atoms with van der Waals surface area (Å²) in [5.41, 5.74) is 0.0619. The molecular formula is C21H24O5. The number of benzene rings is 2. The van der Waals surface area contributed by atoms with Crippen LogP contribution in [-0.2, 0) is 9.53 Å². The third-order valence-corrected chi connectivity index (χ3v) is 3.71. The van der Waals surface area contributed by atoms with Crippen LogP contribution in [0.5, 0.6) is 11.5 Å². The highest BCUT2D eigenvalue weighted by atomic mass is 16.6. The summed E-state index contributed by atoms with van der Waals surface area (Å²) < 4.78 is 16.1. The van der Waals surface area contributed by atoms with E-state index in [0.717, 1.165) is 0 Å². The topological polar surface area (TPSA) is 61.8 Å². The number of ketones is 1. The van der Waals surface area contributed by atoms with Crippen LogP contribution < -0.4 is 9.47 Å². The molecule has 5 nitrogen and oxygen atoms in total. The number of hydrogen-bond donors (Lipinski definition) is 0. The zero-order chi connectivity index (χ0) is 19.3. The molecule has 2 rings (SSSR count). The minimum absolute atomic E-state index is 0.220.